The van der Waals surface area contributed by atoms with Gasteiger partial charge in [0.2, 0.25) is 5.91 Å². The summed E-state index contributed by atoms with van der Waals surface area (Å²) in [6.45, 7) is 3.97. The fraction of sp³-hybridized carbons (Fsp3) is 0.684. The molecule has 1 aliphatic carbocycles. The molecule has 6 nitrogen and oxygen atoms in total. The van der Waals surface area contributed by atoms with Gasteiger partial charge in [0.05, 0.1) is 38.7 Å². The summed E-state index contributed by atoms with van der Waals surface area (Å²) in [6, 6.07) is 3.16. The zero-order valence-electron chi connectivity index (χ0n) is 15.9. The van der Waals surface area contributed by atoms with Gasteiger partial charge in [-0.15, -0.1) is 11.3 Å². The highest BCUT2D eigenvalue weighted by Crippen LogP contribution is 2.43. The summed E-state index contributed by atoms with van der Waals surface area (Å²) in [5.41, 5.74) is -0.623. The minimum Gasteiger partial charge on any atom is -0.353 e. The van der Waals surface area contributed by atoms with Gasteiger partial charge in [0.15, 0.2) is 0 Å². The standard InChI is InChI=1S/C19H29N3O3S/c1-14-6-8-19(9-7-14)22(18(24)16-5-4-12-26-16)15(13-25-19)17(23)20-10-11-21(2)3/h4-5,12,14-15H,6-11,13H2,1-3H3,(H,20,23)/p+1/t14?,15-,19?/m0/s1. The summed E-state index contributed by atoms with van der Waals surface area (Å²) < 4.78 is 6.17. The number of thiophene rings is 1. The molecule has 2 N–H and O–H groups in total. The van der Waals surface area contributed by atoms with Crippen molar-refractivity contribution in [2.24, 2.45) is 5.92 Å². The molecule has 0 unspecified atom stereocenters. The second-order valence-corrected chi connectivity index (χ2v) is 8.80. The van der Waals surface area contributed by atoms with Crippen LogP contribution in [0.1, 0.15) is 42.3 Å². The molecule has 2 aliphatic rings. The van der Waals surface area contributed by atoms with E-state index in [2.05, 4.69) is 26.3 Å². The third kappa shape index (κ3) is 3.94. The molecule has 1 saturated heterocycles. The quantitative estimate of drug-likeness (QED) is 0.793. The number of hydrogen-bond acceptors (Lipinski definition) is 4. The predicted octanol–water partition coefficient (Wildman–Crippen LogP) is 0.756. The lowest BCUT2D eigenvalue weighted by molar-refractivity contribution is -0.856. The minimum absolute atomic E-state index is 0.0783. The van der Waals surface area contributed by atoms with Crippen LogP contribution in [0.5, 0.6) is 0 Å². The van der Waals surface area contributed by atoms with Gasteiger partial charge in [-0.2, -0.15) is 0 Å². The molecule has 2 amide bonds. The Morgan fingerprint density at radius 1 is 1.38 bits per heavy atom. The van der Waals surface area contributed by atoms with E-state index in [1.165, 1.54) is 16.2 Å². The molecule has 1 aromatic rings. The molecule has 0 aromatic carbocycles. The number of carbonyl (C=O) groups excluding carboxylic acids is 2. The highest BCUT2D eigenvalue weighted by molar-refractivity contribution is 7.12. The number of nitrogens with one attached hydrogen (secondary N) is 2. The first-order valence-corrected chi connectivity index (χ1v) is 10.4. The van der Waals surface area contributed by atoms with Crippen LogP contribution in [0.3, 0.4) is 0 Å². The van der Waals surface area contributed by atoms with Crippen LogP contribution in [-0.4, -0.2) is 62.3 Å². The average Bonchev–Trinajstić information content (AvgIpc) is 3.25. The van der Waals surface area contributed by atoms with Crippen molar-refractivity contribution in [2.45, 2.75) is 44.4 Å². The molecule has 3 rings (SSSR count). The van der Waals surface area contributed by atoms with Gasteiger partial charge in [-0.1, -0.05) is 13.0 Å². The number of quaternary nitrogens is 1. The van der Waals surface area contributed by atoms with Gasteiger partial charge in [-0.25, -0.2) is 0 Å². The summed E-state index contributed by atoms with van der Waals surface area (Å²) in [5, 5.41) is 4.88. The van der Waals surface area contributed by atoms with Gasteiger partial charge < -0.3 is 15.0 Å². The van der Waals surface area contributed by atoms with Crippen LogP contribution in [0, 0.1) is 5.92 Å². The Labute approximate surface area is 159 Å². The number of carbonyl (C=O) groups is 2. The van der Waals surface area contributed by atoms with Crippen LogP contribution in [-0.2, 0) is 9.53 Å². The number of rotatable bonds is 5. The second kappa shape index (κ2) is 8.06. The van der Waals surface area contributed by atoms with Crippen molar-refractivity contribution >= 4 is 23.2 Å². The van der Waals surface area contributed by atoms with Crippen LogP contribution in [0.25, 0.3) is 0 Å². The van der Waals surface area contributed by atoms with Gasteiger partial charge in [0.25, 0.3) is 5.91 Å². The molecule has 0 bridgehead atoms. The van der Waals surface area contributed by atoms with E-state index in [4.69, 9.17) is 4.74 Å². The number of amides is 2. The summed E-state index contributed by atoms with van der Waals surface area (Å²) in [7, 11) is 4.10. The second-order valence-electron chi connectivity index (χ2n) is 7.86. The van der Waals surface area contributed by atoms with Crippen LogP contribution >= 0.6 is 11.3 Å². The average molecular weight is 381 g/mol. The van der Waals surface area contributed by atoms with E-state index < -0.39 is 11.8 Å². The van der Waals surface area contributed by atoms with Crippen molar-refractivity contribution in [2.75, 3.05) is 33.8 Å². The Hall–Kier alpha value is -1.44. The van der Waals surface area contributed by atoms with Crippen molar-refractivity contribution < 1.29 is 19.2 Å². The Bertz CT molecular complexity index is 624. The number of hydrogen-bond donors (Lipinski definition) is 2. The molecule has 144 valence electrons. The highest BCUT2D eigenvalue weighted by atomic mass is 32.1. The monoisotopic (exact) mass is 380 g/mol. The maximum Gasteiger partial charge on any atom is 0.266 e. The molecule has 0 radical (unpaired) electrons. The lowest BCUT2D eigenvalue weighted by Crippen LogP contribution is -3.06. The molecule has 1 atom stereocenters. The van der Waals surface area contributed by atoms with Crippen molar-refractivity contribution in [3.63, 3.8) is 0 Å². The molecule has 1 spiro atoms. The van der Waals surface area contributed by atoms with E-state index in [0.717, 1.165) is 32.2 Å². The minimum atomic E-state index is -0.623. The van der Waals surface area contributed by atoms with Crippen molar-refractivity contribution in [3.05, 3.63) is 22.4 Å². The molecule has 1 aliphatic heterocycles. The Kier molecular flexibility index (Phi) is 5.99. The Balaban J connectivity index is 1.79. The van der Waals surface area contributed by atoms with Crippen LogP contribution in [0.2, 0.25) is 0 Å². The number of ether oxygens (including phenoxy) is 1. The largest absolute Gasteiger partial charge is 0.353 e. The summed E-state index contributed by atoms with van der Waals surface area (Å²) in [4.78, 5) is 29.7. The third-order valence-corrected chi connectivity index (χ3v) is 6.35. The van der Waals surface area contributed by atoms with Gasteiger partial charge in [0.1, 0.15) is 11.8 Å². The van der Waals surface area contributed by atoms with E-state index >= 15 is 0 Å². The van der Waals surface area contributed by atoms with E-state index in [1.54, 1.807) is 4.90 Å². The molecule has 1 aromatic heterocycles. The molecular formula is C19H30N3O3S+. The van der Waals surface area contributed by atoms with Crippen molar-refractivity contribution in [1.82, 2.24) is 10.2 Å². The smallest absolute Gasteiger partial charge is 0.266 e. The maximum absolute atomic E-state index is 13.2. The summed E-state index contributed by atoms with van der Waals surface area (Å²) in [5.74, 6) is 0.455. The van der Waals surface area contributed by atoms with Crippen molar-refractivity contribution in [1.29, 1.82) is 0 Å². The lowest BCUT2D eigenvalue weighted by Gasteiger charge is -2.42. The molecule has 2 heterocycles. The summed E-state index contributed by atoms with van der Waals surface area (Å²) >= 11 is 1.42. The summed E-state index contributed by atoms with van der Waals surface area (Å²) in [6.07, 6.45) is 3.65. The topological polar surface area (TPSA) is 63.1 Å². The van der Waals surface area contributed by atoms with E-state index in [0.29, 0.717) is 17.3 Å². The number of likely N-dealkylation sites (N-methyl/N-ethyl adjacent to an activating group) is 1. The SMILES string of the molecule is CC1CCC2(CC1)OC[C@@H](C(=O)NCC[NH+](C)C)N2C(=O)c1cccs1. The zero-order valence-corrected chi connectivity index (χ0v) is 16.7. The van der Waals surface area contributed by atoms with E-state index in [-0.39, 0.29) is 18.4 Å². The predicted molar refractivity (Wildman–Crippen MR) is 101 cm³/mol. The number of nitrogens with zero attached hydrogens (tertiary/aromatic N) is 1. The molecule has 26 heavy (non-hydrogen) atoms. The first-order valence-electron chi connectivity index (χ1n) is 9.51. The van der Waals surface area contributed by atoms with Crippen LogP contribution in [0.15, 0.2) is 17.5 Å². The first kappa shape index (κ1) is 19.3. The highest BCUT2D eigenvalue weighted by Gasteiger charge is 2.53. The van der Waals surface area contributed by atoms with Gasteiger partial charge >= 0.3 is 0 Å². The lowest BCUT2D eigenvalue weighted by atomic mass is 9.83. The zero-order chi connectivity index (χ0) is 18.7. The van der Waals surface area contributed by atoms with Gasteiger partial charge in [0, 0.05) is 0 Å². The van der Waals surface area contributed by atoms with E-state index in [1.807, 2.05) is 17.5 Å². The van der Waals surface area contributed by atoms with E-state index in [9.17, 15) is 9.59 Å². The Morgan fingerprint density at radius 3 is 2.73 bits per heavy atom. The normalized spacial score (nSPS) is 28.7. The van der Waals surface area contributed by atoms with Gasteiger partial charge in [-0.3, -0.25) is 14.5 Å². The molecule has 1 saturated carbocycles. The molecule has 2 fully saturated rings. The first-order chi connectivity index (χ1) is 12.4. The van der Waals surface area contributed by atoms with Gasteiger partial charge in [-0.05, 0) is 43.0 Å². The van der Waals surface area contributed by atoms with Crippen LogP contribution < -0.4 is 10.2 Å². The van der Waals surface area contributed by atoms with Crippen LogP contribution in [0.4, 0.5) is 0 Å². The fourth-order valence-corrected chi connectivity index (χ4v) is 4.51. The Morgan fingerprint density at radius 2 is 2.12 bits per heavy atom. The molecular weight excluding hydrogens is 350 g/mol. The fourth-order valence-electron chi connectivity index (χ4n) is 3.85. The molecule has 7 heteroatoms. The maximum atomic E-state index is 13.2. The third-order valence-electron chi connectivity index (χ3n) is 5.49. The van der Waals surface area contributed by atoms with Crippen molar-refractivity contribution in [3.8, 4) is 0 Å².